The summed E-state index contributed by atoms with van der Waals surface area (Å²) in [6.45, 7) is 6.29. The zero-order valence-electron chi connectivity index (χ0n) is 10.0. The monoisotopic (exact) mass is 219 g/mol. The van der Waals surface area contributed by atoms with Gasteiger partial charge in [-0.15, -0.1) is 17.6 Å². The van der Waals surface area contributed by atoms with Crippen LogP contribution in [0, 0.1) is 11.8 Å². The normalized spacial score (nSPS) is 18.3. The third-order valence-electron chi connectivity index (χ3n) is 2.14. The van der Waals surface area contributed by atoms with Crippen LogP contribution in [-0.4, -0.2) is 23.6 Å². The molecular formula is C13H17NO2. The molecule has 1 amide bonds. The quantitative estimate of drug-likeness (QED) is 0.528. The second-order valence-corrected chi connectivity index (χ2v) is 3.82. The van der Waals surface area contributed by atoms with Crippen LogP contribution in [0.25, 0.3) is 0 Å². The Kier molecular flexibility index (Phi) is 4.69. The summed E-state index contributed by atoms with van der Waals surface area (Å²) in [4.78, 5) is 13.0. The van der Waals surface area contributed by atoms with Crippen LogP contribution in [0.1, 0.15) is 33.6 Å². The Morgan fingerprint density at radius 1 is 1.56 bits per heavy atom. The summed E-state index contributed by atoms with van der Waals surface area (Å²) in [5.74, 6) is 6.03. The number of allylic oxidation sites excluding steroid dienone is 1. The van der Waals surface area contributed by atoms with E-state index in [-0.39, 0.29) is 12.1 Å². The van der Waals surface area contributed by atoms with Gasteiger partial charge in [-0.25, -0.2) is 4.79 Å². The molecule has 1 rings (SSSR count). The van der Waals surface area contributed by atoms with Gasteiger partial charge >= 0.3 is 6.09 Å². The van der Waals surface area contributed by atoms with Crippen LogP contribution >= 0.6 is 0 Å². The number of carbonyl (C=O) groups is 1. The van der Waals surface area contributed by atoms with Crippen LogP contribution in [-0.2, 0) is 4.74 Å². The van der Waals surface area contributed by atoms with E-state index in [2.05, 4.69) is 17.6 Å². The molecule has 0 N–H and O–H groups in total. The summed E-state index contributed by atoms with van der Waals surface area (Å²) in [6.07, 6.45) is 2.84. The van der Waals surface area contributed by atoms with Crippen LogP contribution in [0.3, 0.4) is 0 Å². The fourth-order valence-electron chi connectivity index (χ4n) is 1.30. The molecule has 0 aliphatic carbocycles. The van der Waals surface area contributed by atoms with Crippen LogP contribution < -0.4 is 0 Å². The lowest BCUT2D eigenvalue weighted by Gasteiger charge is -2.12. The maximum Gasteiger partial charge on any atom is 0.414 e. The first kappa shape index (κ1) is 12.4. The van der Waals surface area contributed by atoms with Gasteiger partial charge in [0.25, 0.3) is 0 Å². The van der Waals surface area contributed by atoms with Crippen LogP contribution in [0.5, 0.6) is 0 Å². The van der Waals surface area contributed by atoms with E-state index in [1.807, 2.05) is 20.8 Å². The number of cyclic esters (lactones) is 1. The molecule has 0 aromatic carbocycles. The molecule has 0 radical (unpaired) electrons. The molecule has 1 aliphatic rings. The van der Waals surface area contributed by atoms with Crippen molar-refractivity contribution in [2.45, 2.75) is 39.7 Å². The number of hydrogen-bond acceptors (Lipinski definition) is 2. The zero-order valence-corrected chi connectivity index (χ0v) is 10.0. The Bertz CT molecular complexity index is 376. The van der Waals surface area contributed by atoms with Crippen LogP contribution in [0.2, 0.25) is 0 Å². The van der Waals surface area contributed by atoms with Gasteiger partial charge in [-0.1, -0.05) is 6.92 Å². The van der Waals surface area contributed by atoms with E-state index in [1.165, 1.54) is 0 Å². The highest BCUT2D eigenvalue weighted by molar-refractivity contribution is 5.71. The van der Waals surface area contributed by atoms with Crippen molar-refractivity contribution in [1.29, 1.82) is 0 Å². The molecule has 3 nitrogen and oxygen atoms in total. The Hall–Kier alpha value is -1.65. The molecule has 1 aliphatic heterocycles. The van der Waals surface area contributed by atoms with Gasteiger partial charge in [-0.3, -0.25) is 4.90 Å². The minimum atomic E-state index is -0.308. The number of nitrogens with zero attached hydrogens (tertiary/aromatic N) is 1. The second-order valence-electron chi connectivity index (χ2n) is 3.82. The molecule has 16 heavy (non-hydrogen) atoms. The third-order valence-corrected chi connectivity index (χ3v) is 2.14. The lowest BCUT2D eigenvalue weighted by Crippen LogP contribution is -2.27. The van der Waals surface area contributed by atoms with Gasteiger partial charge in [0.1, 0.15) is 6.61 Å². The molecule has 0 saturated carbocycles. The predicted molar refractivity (Wildman–Crippen MR) is 62.6 cm³/mol. The van der Waals surface area contributed by atoms with Gasteiger partial charge in [0, 0.05) is 12.8 Å². The number of carbonyl (C=O) groups excluding carboxylic acids is 1. The van der Waals surface area contributed by atoms with Crippen molar-refractivity contribution in [1.82, 2.24) is 4.90 Å². The SMILES string of the molecule is CCC#CCC1COC(=O)N1C=C=C(C)C. The van der Waals surface area contributed by atoms with E-state index >= 15 is 0 Å². The van der Waals surface area contributed by atoms with Crippen LogP contribution in [0.4, 0.5) is 4.79 Å². The topological polar surface area (TPSA) is 29.5 Å². The molecule has 1 fully saturated rings. The summed E-state index contributed by atoms with van der Waals surface area (Å²) < 4.78 is 4.98. The average Bonchev–Trinajstić information content (AvgIpc) is 2.57. The highest BCUT2D eigenvalue weighted by Crippen LogP contribution is 2.15. The molecule has 1 unspecified atom stereocenters. The third kappa shape index (κ3) is 3.49. The van der Waals surface area contributed by atoms with Gasteiger partial charge in [-0.2, -0.15) is 0 Å². The van der Waals surface area contributed by atoms with E-state index in [1.54, 1.807) is 11.1 Å². The summed E-state index contributed by atoms with van der Waals surface area (Å²) in [7, 11) is 0. The van der Waals surface area contributed by atoms with E-state index in [9.17, 15) is 4.79 Å². The molecule has 0 bridgehead atoms. The van der Waals surface area contributed by atoms with Gasteiger partial charge in [0.2, 0.25) is 0 Å². The van der Waals surface area contributed by atoms with Crippen molar-refractivity contribution in [3.05, 3.63) is 17.5 Å². The zero-order chi connectivity index (χ0) is 12.0. The maximum atomic E-state index is 11.4. The van der Waals surface area contributed by atoms with Crippen LogP contribution in [0.15, 0.2) is 17.5 Å². The molecular weight excluding hydrogens is 202 g/mol. The first-order chi connectivity index (χ1) is 7.65. The van der Waals surface area contributed by atoms with E-state index < -0.39 is 0 Å². The standard InChI is InChI=1S/C13H17NO2/c1-4-5-6-7-12-10-16-13(15)14(12)9-8-11(2)3/h9,12H,4,7,10H2,1-3H3. The molecule has 1 saturated heterocycles. The fourth-order valence-corrected chi connectivity index (χ4v) is 1.30. The van der Waals surface area contributed by atoms with Gasteiger partial charge in [0.15, 0.2) is 0 Å². The summed E-state index contributed by atoms with van der Waals surface area (Å²) in [5, 5.41) is 0. The fraction of sp³-hybridized carbons (Fsp3) is 0.538. The first-order valence-electron chi connectivity index (χ1n) is 5.46. The van der Waals surface area contributed by atoms with Crippen molar-refractivity contribution in [2.75, 3.05) is 6.61 Å². The number of amides is 1. The summed E-state index contributed by atoms with van der Waals surface area (Å²) >= 11 is 0. The van der Waals surface area contributed by atoms with E-state index in [4.69, 9.17) is 4.74 Å². The number of rotatable bonds is 2. The Morgan fingerprint density at radius 3 is 2.94 bits per heavy atom. The minimum Gasteiger partial charge on any atom is -0.447 e. The predicted octanol–water partition coefficient (Wildman–Crippen LogP) is 2.69. The molecule has 0 aromatic rings. The molecule has 3 heteroatoms. The molecule has 1 atom stereocenters. The Morgan fingerprint density at radius 2 is 2.31 bits per heavy atom. The maximum absolute atomic E-state index is 11.4. The largest absolute Gasteiger partial charge is 0.447 e. The highest BCUT2D eigenvalue weighted by Gasteiger charge is 2.30. The van der Waals surface area contributed by atoms with Gasteiger partial charge in [0.05, 0.1) is 12.2 Å². The Balaban J connectivity index is 2.70. The van der Waals surface area contributed by atoms with Crippen molar-refractivity contribution in [3.8, 4) is 11.8 Å². The van der Waals surface area contributed by atoms with E-state index in [0.717, 1.165) is 12.0 Å². The number of ether oxygens (including phenoxy) is 1. The van der Waals surface area contributed by atoms with Crippen molar-refractivity contribution in [2.24, 2.45) is 0 Å². The Labute approximate surface area is 96.8 Å². The lowest BCUT2D eigenvalue weighted by atomic mass is 10.2. The summed E-state index contributed by atoms with van der Waals surface area (Å²) in [5.41, 5.74) is 4.03. The van der Waals surface area contributed by atoms with Crippen molar-refractivity contribution in [3.63, 3.8) is 0 Å². The lowest BCUT2D eigenvalue weighted by molar-refractivity contribution is 0.166. The highest BCUT2D eigenvalue weighted by atomic mass is 16.6. The number of hydrogen-bond donors (Lipinski definition) is 0. The molecule has 86 valence electrons. The molecule has 0 spiro atoms. The van der Waals surface area contributed by atoms with Crippen molar-refractivity contribution < 1.29 is 9.53 Å². The van der Waals surface area contributed by atoms with E-state index in [0.29, 0.717) is 13.0 Å². The smallest absolute Gasteiger partial charge is 0.414 e. The van der Waals surface area contributed by atoms with Gasteiger partial charge in [-0.05, 0) is 19.4 Å². The van der Waals surface area contributed by atoms with Crippen molar-refractivity contribution >= 4 is 6.09 Å². The molecule has 0 aromatic heterocycles. The summed E-state index contributed by atoms with van der Waals surface area (Å²) in [6, 6.07) is 0.0263. The first-order valence-corrected chi connectivity index (χ1v) is 5.46. The molecule has 1 heterocycles. The second kappa shape index (κ2) is 6.05. The average molecular weight is 219 g/mol. The minimum absolute atomic E-state index is 0.0263. The van der Waals surface area contributed by atoms with Gasteiger partial charge < -0.3 is 4.74 Å².